The molecule has 4 nitrogen and oxygen atoms in total. The number of amides is 2. The summed E-state index contributed by atoms with van der Waals surface area (Å²) in [5, 5.41) is 2.53. The van der Waals surface area contributed by atoms with Gasteiger partial charge in [-0.25, -0.2) is 4.79 Å². The largest absolute Gasteiger partial charge is 0.351 e. The van der Waals surface area contributed by atoms with Crippen molar-refractivity contribution in [3.05, 3.63) is 29.3 Å². The number of carbonyl (C=O) groups excluding carboxylic acids is 1. The second-order valence-electron chi connectivity index (χ2n) is 2.78. The quantitative estimate of drug-likeness (QED) is 0.631. The lowest BCUT2D eigenvalue weighted by Gasteiger charge is -2.09. The van der Waals surface area contributed by atoms with Gasteiger partial charge < -0.3 is 16.8 Å². The lowest BCUT2D eigenvalue weighted by molar-refractivity contribution is 0.259. The first-order valence-electron chi connectivity index (χ1n) is 4.00. The van der Waals surface area contributed by atoms with E-state index in [9.17, 15) is 4.79 Å². The molecule has 0 aliphatic heterocycles. The molecule has 5 N–H and O–H groups in total. The molecular weight excluding hydrogens is 166 g/mol. The maximum atomic E-state index is 10.6. The van der Waals surface area contributed by atoms with Gasteiger partial charge in [0, 0.05) is 12.2 Å². The van der Waals surface area contributed by atoms with Crippen molar-refractivity contribution < 1.29 is 4.79 Å². The van der Waals surface area contributed by atoms with Crippen LogP contribution in [-0.4, -0.2) is 6.03 Å². The molecule has 0 saturated heterocycles. The lowest BCUT2D eigenvalue weighted by Crippen LogP contribution is -2.20. The number of hydrogen-bond acceptors (Lipinski definition) is 2. The van der Waals surface area contributed by atoms with Crippen LogP contribution < -0.4 is 16.8 Å². The second-order valence-corrected chi connectivity index (χ2v) is 2.78. The van der Waals surface area contributed by atoms with Crippen LogP contribution in [0.1, 0.15) is 11.1 Å². The molecule has 0 aliphatic carbocycles. The first-order valence-corrected chi connectivity index (χ1v) is 4.00. The number of primary amides is 1. The SMILES string of the molecule is Cc1c(CN)cccc1NC(N)=O. The van der Waals surface area contributed by atoms with E-state index in [1.807, 2.05) is 19.1 Å². The predicted octanol–water partition coefficient (Wildman–Crippen LogP) is 0.944. The number of nitrogens with one attached hydrogen (secondary N) is 1. The summed E-state index contributed by atoms with van der Waals surface area (Å²) in [4.78, 5) is 10.6. The van der Waals surface area contributed by atoms with Gasteiger partial charge in [-0.15, -0.1) is 0 Å². The van der Waals surface area contributed by atoms with E-state index in [2.05, 4.69) is 5.32 Å². The van der Waals surface area contributed by atoms with E-state index in [4.69, 9.17) is 11.5 Å². The summed E-state index contributed by atoms with van der Waals surface area (Å²) >= 11 is 0. The fraction of sp³-hybridized carbons (Fsp3) is 0.222. The summed E-state index contributed by atoms with van der Waals surface area (Å²) in [7, 11) is 0. The highest BCUT2D eigenvalue weighted by atomic mass is 16.2. The highest BCUT2D eigenvalue weighted by molar-refractivity contribution is 5.88. The molecule has 70 valence electrons. The van der Waals surface area contributed by atoms with Crippen LogP contribution in [0.2, 0.25) is 0 Å². The topological polar surface area (TPSA) is 81.1 Å². The fourth-order valence-electron chi connectivity index (χ4n) is 1.17. The third-order valence-corrected chi connectivity index (χ3v) is 1.92. The molecule has 0 aromatic heterocycles. The van der Waals surface area contributed by atoms with Crippen molar-refractivity contribution in [2.75, 3.05) is 5.32 Å². The van der Waals surface area contributed by atoms with E-state index < -0.39 is 6.03 Å². The minimum Gasteiger partial charge on any atom is -0.351 e. The second kappa shape index (κ2) is 3.91. The predicted molar refractivity (Wildman–Crippen MR) is 52.3 cm³/mol. The smallest absolute Gasteiger partial charge is 0.316 e. The molecule has 0 spiro atoms. The summed E-state index contributed by atoms with van der Waals surface area (Å²) in [5.41, 5.74) is 13.2. The van der Waals surface area contributed by atoms with Gasteiger partial charge in [-0.05, 0) is 24.1 Å². The van der Waals surface area contributed by atoms with Crippen LogP contribution in [0, 0.1) is 6.92 Å². The highest BCUT2D eigenvalue weighted by Crippen LogP contribution is 2.17. The number of carbonyl (C=O) groups is 1. The van der Waals surface area contributed by atoms with Crippen molar-refractivity contribution in [3.63, 3.8) is 0 Å². The van der Waals surface area contributed by atoms with Gasteiger partial charge >= 0.3 is 6.03 Å². The monoisotopic (exact) mass is 179 g/mol. The van der Waals surface area contributed by atoms with Crippen LogP contribution in [-0.2, 0) is 6.54 Å². The minimum atomic E-state index is -0.558. The van der Waals surface area contributed by atoms with Crippen molar-refractivity contribution >= 4 is 11.7 Å². The number of anilines is 1. The molecule has 0 unspecified atom stereocenters. The fourth-order valence-corrected chi connectivity index (χ4v) is 1.17. The van der Waals surface area contributed by atoms with Gasteiger partial charge in [0.25, 0.3) is 0 Å². The van der Waals surface area contributed by atoms with E-state index in [0.717, 1.165) is 16.8 Å². The highest BCUT2D eigenvalue weighted by Gasteiger charge is 2.03. The van der Waals surface area contributed by atoms with Crippen molar-refractivity contribution in [3.8, 4) is 0 Å². The Morgan fingerprint density at radius 1 is 1.54 bits per heavy atom. The van der Waals surface area contributed by atoms with Crippen LogP contribution in [0.4, 0.5) is 10.5 Å². The van der Waals surface area contributed by atoms with Crippen LogP contribution in [0.5, 0.6) is 0 Å². The zero-order chi connectivity index (χ0) is 9.84. The molecule has 0 saturated carbocycles. The van der Waals surface area contributed by atoms with Crippen LogP contribution >= 0.6 is 0 Å². The van der Waals surface area contributed by atoms with E-state index in [-0.39, 0.29) is 0 Å². The summed E-state index contributed by atoms with van der Waals surface area (Å²) in [6, 6.07) is 4.98. The standard InChI is InChI=1S/C9H13N3O/c1-6-7(5-10)3-2-4-8(6)12-9(11)13/h2-4H,5,10H2,1H3,(H3,11,12,13). The zero-order valence-corrected chi connectivity index (χ0v) is 7.50. The Bertz CT molecular complexity index is 323. The van der Waals surface area contributed by atoms with Crippen molar-refractivity contribution in [1.29, 1.82) is 0 Å². The third kappa shape index (κ3) is 2.19. The van der Waals surface area contributed by atoms with Crippen molar-refractivity contribution in [1.82, 2.24) is 0 Å². The summed E-state index contributed by atoms with van der Waals surface area (Å²) < 4.78 is 0. The van der Waals surface area contributed by atoms with E-state index in [1.165, 1.54) is 0 Å². The van der Waals surface area contributed by atoms with Gasteiger partial charge in [-0.2, -0.15) is 0 Å². The van der Waals surface area contributed by atoms with Crippen LogP contribution in [0.15, 0.2) is 18.2 Å². The average Bonchev–Trinajstić information content (AvgIpc) is 2.08. The molecule has 0 fully saturated rings. The van der Waals surface area contributed by atoms with Gasteiger partial charge in [0.15, 0.2) is 0 Å². The molecule has 1 aromatic carbocycles. The lowest BCUT2D eigenvalue weighted by atomic mass is 10.1. The number of hydrogen-bond donors (Lipinski definition) is 3. The minimum absolute atomic E-state index is 0.458. The average molecular weight is 179 g/mol. The third-order valence-electron chi connectivity index (χ3n) is 1.92. The van der Waals surface area contributed by atoms with Crippen molar-refractivity contribution in [2.24, 2.45) is 11.5 Å². The molecule has 0 radical (unpaired) electrons. The van der Waals surface area contributed by atoms with Gasteiger partial charge in [0.05, 0.1) is 0 Å². The molecule has 1 rings (SSSR count). The molecular formula is C9H13N3O. The summed E-state index contributed by atoms with van der Waals surface area (Å²) in [6.45, 7) is 2.35. The van der Waals surface area contributed by atoms with E-state index in [0.29, 0.717) is 6.54 Å². The molecule has 13 heavy (non-hydrogen) atoms. The summed E-state index contributed by atoms with van der Waals surface area (Å²) in [5.74, 6) is 0. The molecule has 4 heteroatoms. The first-order chi connectivity index (χ1) is 6.15. The van der Waals surface area contributed by atoms with Gasteiger partial charge in [-0.3, -0.25) is 0 Å². The van der Waals surface area contributed by atoms with Gasteiger partial charge in [-0.1, -0.05) is 12.1 Å². The normalized spacial score (nSPS) is 9.69. The maximum absolute atomic E-state index is 10.6. The number of nitrogens with two attached hydrogens (primary N) is 2. The summed E-state index contributed by atoms with van der Waals surface area (Å²) in [6.07, 6.45) is 0. The Hall–Kier alpha value is -1.55. The van der Waals surface area contributed by atoms with E-state index in [1.54, 1.807) is 6.07 Å². The number of urea groups is 1. The first kappa shape index (κ1) is 9.54. The Labute approximate surface area is 76.9 Å². The van der Waals surface area contributed by atoms with Crippen molar-refractivity contribution in [2.45, 2.75) is 13.5 Å². The van der Waals surface area contributed by atoms with E-state index >= 15 is 0 Å². The van der Waals surface area contributed by atoms with Gasteiger partial charge in [0.2, 0.25) is 0 Å². The number of rotatable bonds is 2. The van der Waals surface area contributed by atoms with Crippen LogP contribution in [0.3, 0.4) is 0 Å². The Kier molecular flexibility index (Phi) is 2.87. The van der Waals surface area contributed by atoms with Crippen LogP contribution in [0.25, 0.3) is 0 Å². The molecule has 2 amide bonds. The Balaban J connectivity index is 3.01. The molecule has 0 atom stereocenters. The Morgan fingerprint density at radius 3 is 2.77 bits per heavy atom. The number of benzene rings is 1. The molecule has 1 aromatic rings. The Morgan fingerprint density at radius 2 is 2.23 bits per heavy atom. The molecule has 0 heterocycles. The molecule has 0 aliphatic rings. The zero-order valence-electron chi connectivity index (χ0n) is 7.50. The molecule has 0 bridgehead atoms. The van der Waals surface area contributed by atoms with Gasteiger partial charge in [0.1, 0.15) is 0 Å². The maximum Gasteiger partial charge on any atom is 0.316 e.